The minimum absolute atomic E-state index is 0.00353. The van der Waals surface area contributed by atoms with Crippen LogP contribution in [0.4, 0.5) is 0 Å². The molecule has 1 N–H and O–H groups in total. The number of pyridine rings is 1. The molecule has 1 aliphatic heterocycles. The molecule has 0 unspecified atom stereocenters. The Labute approximate surface area is 124 Å². The van der Waals surface area contributed by atoms with Crippen molar-refractivity contribution < 1.29 is 0 Å². The molecule has 3 rings (SSSR count). The van der Waals surface area contributed by atoms with Crippen LogP contribution in [0, 0.1) is 6.92 Å². The van der Waals surface area contributed by atoms with Gasteiger partial charge < -0.3 is 5.32 Å². The van der Waals surface area contributed by atoms with E-state index in [9.17, 15) is 4.79 Å². The van der Waals surface area contributed by atoms with Crippen LogP contribution >= 0.6 is 0 Å². The van der Waals surface area contributed by atoms with Gasteiger partial charge in [-0.2, -0.15) is 0 Å². The number of nitrogens with one attached hydrogen (secondary N) is 1. The van der Waals surface area contributed by atoms with Crippen LogP contribution in [0.15, 0.2) is 29.2 Å². The number of piperidine rings is 1. The molecule has 2 aromatic heterocycles. The Balaban J connectivity index is 1.79. The number of hydrogen-bond acceptors (Lipinski definition) is 4. The number of fused-ring (bicyclic) bond motifs is 1. The van der Waals surface area contributed by atoms with Gasteiger partial charge in [0.1, 0.15) is 5.65 Å². The van der Waals surface area contributed by atoms with Gasteiger partial charge in [-0.05, 0) is 38.4 Å². The summed E-state index contributed by atoms with van der Waals surface area (Å²) < 4.78 is 1.62. The van der Waals surface area contributed by atoms with Crippen molar-refractivity contribution in [3.8, 4) is 0 Å². The minimum atomic E-state index is 0.00353. The average molecular weight is 286 g/mol. The van der Waals surface area contributed by atoms with E-state index in [2.05, 4.69) is 15.2 Å². The lowest BCUT2D eigenvalue weighted by Gasteiger charge is -2.31. The summed E-state index contributed by atoms with van der Waals surface area (Å²) in [7, 11) is 2.02. The van der Waals surface area contributed by atoms with Crippen molar-refractivity contribution in [2.45, 2.75) is 32.4 Å². The van der Waals surface area contributed by atoms with Crippen molar-refractivity contribution in [3.05, 3.63) is 46.0 Å². The van der Waals surface area contributed by atoms with Crippen LogP contribution in [0.1, 0.15) is 24.1 Å². The Hall–Kier alpha value is -1.72. The molecule has 5 nitrogen and oxygen atoms in total. The lowest BCUT2D eigenvalue weighted by atomic mass is 10.1. The Kier molecular flexibility index (Phi) is 4.03. The van der Waals surface area contributed by atoms with Crippen LogP contribution in [0.2, 0.25) is 0 Å². The molecule has 0 bridgehead atoms. The summed E-state index contributed by atoms with van der Waals surface area (Å²) in [6, 6.07) is 6.19. The van der Waals surface area contributed by atoms with Crippen molar-refractivity contribution in [2.75, 3.05) is 20.1 Å². The second kappa shape index (κ2) is 5.95. The molecule has 5 heteroatoms. The summed E-state index contributed by atoms with van der Waals surface area (Å²) in [6.07, 6.45) is 4.15. The summed E-state index contributed by atoms with van der Waals surface area (Å²) in [5, 5.41) is 3.33. The summed E-state index contributed by atoms with van der Waals surface area (Å²) in [6.45, 7) is 4.85. The third-order valence-corrected chi connectivity index (χ3v) is 4.24. The molecule has 0 radical (unpaired) electrons. The van der Waals surface area contributed by atoms with E-state index >= 15 is 0 Å². The molecule has 0 atom stereocenters. The second-order valence-electron chi connectivity index (χ2n) is 5.86. The van der Waals surface area contributed by atoms with Gasteiger partial charge in [-0.1, -0.05) is 6.07 Å². The fourth-order valence-electron chi connectivity index (χ4n) is 2.95. The predicted octanol–water partition coefficient (Wildman–Crippen LogP) is 1.19. The number of nitrogens with zero attached hydrogens (tertiary/aromatic N) is 3. The first-order chi connectivity index (χ1) is 10.2. The Morgan fingerprint density at radius 1 is 1.33 bits per heavy atom. The van der Waals surface area contributed by atoms with E-state index in [0.717, 1.165) is 49.4 Å². The number of aryl methyl sites for hydroxylation is 1. The average Bonchev–Trinajstić information content (AvgIpc) is 2.49. The van der Waals surface area contributed by atoms with Gasteiger partial charge in [0, 0.05) is 37.9 Å². The standard InChI is InChI=1S/C16H22N4O/c1-12-3-4-15-18-14(9-16(21)20(15)10-12)11-19-7-5-13(17-2)6-8-19/h3-4,9-10,13,17H,5-8,11H2,1-2H3. The molecule has 112 valence electrons. The molecule has 0 spiro atoms. The SMILES string of the molecule is CNC1CCN(Cc2cc(=O)n3cc(C)ccc3n2)CC1. The lowest BCUT2D eigenvalue weighted by Crippen LogP contribution is -2.41. The number of hydrogen-bond donors (Lipinski definition) is 1. The van der Waals surface area contributed by atoms with Gasteiger partial charge in [-0.3, -0.25) is 14.1 Å². The van der Waals surface area contributed by atoms with E-state index in [1.54, 1.807) is 10.5 Å². The first kappa shape index (κ1) is 14.2. The van der Waals surface area contributed by atoms with Crippen molar-refractivity contribution in [2.24, 2.45) is 0 Å². The van der Waals surface area contributed by atoms with Crippen LogP contribution in [0.25, 0.3) is 5.65 Å². The molecular weight excluding hydrogens is 264 g/mol. The normalized spacial score (nSPS) is 17.4. The number of likely N-dealkylation sites (tertiary alicyclic amines) is 1. The maximum Gasteiger partial charge on any atom is 0.258 e. The Morgan fingerprint density at radius 3 is 2.81 bits per heavy atom. The van der Waals surface area contributed by atoms with E-state index in [4.69, 9.17) is 0 Å². The highest BCUT2D eigenvalue weighted by Gasteiger charge is 2.18. The molecule has 0 saturated carbocycles. The molecule has 2 aromatic rings. The smallest absolute Gasteiger partial charge is 0.258 e. The van der Waals surface area contributed by atoms with Crippen LogP contribution in [-0.2, 0) is 6.54 Å². The van der Waals surface area contributed by atoms with Crippen molar-refractivity contribution >= 4 is 5.65 Å². The lowest BCUT2D eigenvalue weighted by molar-refractivity contribution is 0.192. The largest absolute Gasteiger partial charge is 0.317 e. The van der Waals surface area contributed by atoms with Gasteiger partial charge in [0.25, 0.3) is 5.56 Å². The molecule has 1 aliphatic rings. The zero-order chi connectivity index (χ0) is 14.8. The van der Waals surface area contributed by atoms with E-state index in [1.165, 1.54) is 0 Å². The maximum absolute atomic E-state index is 12.2. The summed E-state index contributed by atoms with van der Waals surface area (Å²) in [5.41, 5.74) is 2.66. The fraction of sp³-hybridized carbons (Fsp3) is 0.500. The highest BCUT2D eigenvalue weighted by Crippen LogP contribution is 2.12. The third-order valence-electron chi connectivity index (χ3n) is 4.24. The highest BCUT2D eigenvalue weighted by atomic mass is 16.1. The molecule has 0 aliphatic carbocycles. The zero-order valence-corrected chi connectivity index (χ0v) is 12.7. The van der Waals surface area contributed by atoms with Gasteiger partial charge in [-0.15, -0.1) is 0 Å². The van der Waals surface area contributed by atoms with Gasteiger partial charge in [-0.25, -0.2) is 4.98 Å². The molecule has 1 fully saturated rings. The predicted molar refractivity (Wildman–Crippen MR) is 83.6 cm³/mol. The van der Waals surface area contributed by atoms with Crippen LogP contribution in [-0.4, -0.2) is 40.5 Å². The summed E-state index contributed by atoms with van der Waals surface area (Å²) >= 11 is 0. The molecule has 3 heterocycles. The Morgan fingerprint density at radius 2 is 2.10 bits per heavy atom. The first-order valence-electron chi connectivity index (χ1n) is 7.54. The van der Waals surface area contributed by atoms with Gasteiger partial charge >= 0.3 is 0 Å². The van der Waals surface area contributed by atoms with E-state index in [0.29, 0.717) is 6.04 Å². The zero-order valence-electron chi connectivity index (χ0n) is 12.7. The van der Waals surface area contributed by atoms with Crippen molar-refractivity contribution in [1.29, 1.82) is 0 Å². The number of rotatable bonds is 3. The second-order valence-corrected chi connectivity index (χ2v) is 5.86. The summed E-state index contributed by atoms with van der Waals surface area (Å²) in [4.78, 5) is 19.2. The van der Waals surface area contributed by atoms with Gasteiger partial charge in [0.05, 0.1) is 5.69 Å². The van der Waals surface area contributed by atoms with Crippen molar-refractivity contribution in [3.63, 3.8) is 0 Å². The fourth-order valence-corrected chi connectivity index (χ4v) is 2.95. The van der Waals surface area contributed by atoms with E-state index in [1.807, 2.05) is 32.3 Å². The first-order valence-corrected chi connectivity index (χ1v) is 7.54. The molecule has 21 heavy (non-hydrogen) atoms. The summed E-state index contributed by atoms with van der Waals surface area (Å²) in [5.74, 6) is 0. The van der Waals surface area contributed by atoms with Crippen molar-refractivity contribution in [1.82, 2.24) is 19.6 Å². The molecular formula is C16H22N4O. The molecule has 0 aromatic carbocycles. The Bertz CT molecular complexity index is 686. The highest BCUT2D eigenvalue weighted by molar-refractivity contribution is 5.39. The van der Waals surface area contributed by atoms with Crippen LogP contribution < -0.4 is 10.9 Å². The topological polar surface area (TPSA) is 49.6 Å². The van der Waals surface area contributed by atoms with Crippen LogP contribution in [0.5, 0.6) is 0 Å². The monoisotopic (exact) mass is 286 g/mol. The quantitative estimate of drug-likeness (QED) is 0.921. The molecule has 1 saturated heterocycles. The number of aromatic nitrogens is 2. The van der Waals surface area contributed by atoms with E-state index < -0.39 is 0 Å². The minimum Gasteiger partial charge on any atom is -0.317 e. The van der Waals surface area contributed by atoms with Gasteiger partial charge in [0.2, 0.25) is 0 Å². The van der Waals surface area contributed by atoms with Gasteiger partial charge in [0.15, 0.2) is 0 Å². The third kappa shape index (κ3) is 3.14. The molecule has 0 amide bonds. The van der Waals surface area contributed by atoms with Crippen LogP contribution in [0.3, 0.4) is 0 Å². The maximum atomic E-state index is 12.2. The van der Waals surface area contributed by atoms with E-state index in [-0.39, 0.29) is 5.56 Å².